The molecule has 2 rings (SSSR count). The highest BCUT2D eigenvalue weighted by Gasteiger charge is 2.06. The van der Waals surface area contributed by atoms with Gasteiger partial charge in [0.15, 0.2) is 0 Å². The topological polar surface area (TPSA) is 43.8 Å². The molecule has 0 unspecified atom stereocenters. The van der Waals surface area contributed by atoms with Crippen LogP contribution in [-0.2, 0) is 13.6 Å². The van der Waals surface area contributed by atoms with Gasteiger partial charge >= 0.3 is 0 Å². The van der Waals surface area contributed by atoms with Gasteiger partial charge in [0, 0.05) is 30.2 Å². The molecule has 0 fully saturated rings. The summed E-state index contributed by atoms with van der Waals surface area (Å²) in [5.74, 6) is 0. The third kappa shape index (κ3) is 1.50. The zero-order chi connectivity index (χ0) is 9.26. The van der Waals surface area contributed by atoms with Crippen LogP contribution in [0.1, 0.15) is 4.88 Å². The second-order valence-corrected chi connectivity index (χ2v) is 3.84. The number of thiophene rings is 1. The van der Waals surface area contributed by atoms with Crippen LogP contribution in [0.2, 0.25) is 0 Å². The van der Waals surface area contributed by atoms with Gasteiger partial charge < -0.3 is 5.73 Å². The molecule has 0 spiro atoms. The summed E-state index contributed by atoms with van der Waals surface area (Å²) in [5.41, 5.74) is 7.78. The van der Waals surface area contributed by atoms with E-state index >= 15 is 0 Å². The molecule has 0 aliphatic rings. The van der Waals surface area contributed by atoms with Gasteiger partial charge in [0.25, 0.3) is 0 Å². The van der Waals surface area contributed by atoms with E-state index in [2.05, 4.69) is 11.2 Å². The molecule has 2 heterocycles. The lowest BCUT2D eigenvalue weighted by Gasteiger charge is -1.95. The highest BCUT2D eigenvalue weighted by molar-refractivity contribution is 7.10. The smallest absolute Gasteiger partial charge is 0.0934 e. The van der Waals surface area contributed by atoms with Crippen LogP contribution in [0.3, 0.4) is 0 Å². The molecular weight excluding hydrogens is 182 g/mol. The molecule has 3 nitrogen and oxygen atoms in total. The maximum atomic E-state index is 5.62. The quantitative estimate of drug-likeness (QED) is 0.787. The van der Waals surface area contributed by atoms with Crippen molar-refractivity contribution in [2.45, 2.75) is 6.54 Å². The second kappa shape index (κ2) is 3.32. The summed E-state index contributed by atoms with van der Waals surface area (Å²) in [6.07, 6.45) is 1.94. The molecule has 0 bridgehead atoms. The Labute approximate surface area is 80.8 Å². The average molecular weight is 193 g/mol. The van der Waals surface area contributed by atoms with E-state index in [9.17, 15) is 0 Å². The number of aryl methyl sites for hydroxylation is 1. The summed E-state index contributed by atoms with van der Waals surface area (Å²) >= 11 is 1.68. The molecule has 0 aromatic carbocycles. The number of nitrogens with zero attached hydrogens (tertiary/aromatic N) is 2. The number of nitrogens with two attached hydrogens (primary N) is 1. The zero-order valence-corrected chi connectivity index (χ0v) is 8.21. The van der Waals surface area contributed by atoms with Crippen LogP contribution in [0, 0.1) is 0 Å². The van der Waals surface area contributed by atoms with Crippen LogP contribution in [-0.4, -0.2) is 9.78 Å². The Hall–Kier alpha value is -1.13. The van der Waals surface area contributed by atoms with Gasteiger partial charge in [0.1, 0.15) is 0 Å². The molecule has 0 saturated heterocycles. The monoisotopic (exact) mass is 193 g/mol. The Morgan fingerprint density at radius 2 is 2.38 bits per heavy atom. The highest BCUT2D eigenvalue weighted by atomic mass is 32.1. The molecule has 2 N–H and O–H groups in total. The van der Waals surface area contributed by atoms with E-state index in [1.807, 2.05) is 24.7 Å². The highest BCUT2D eigenvalue weighted by Crippen LogP contribution is 2.26. The molecule has 2 aromatic rings. The van der Waals surface area contributed by atoms with Crippen LogP contribution >= 0.6 is 11.3 Å². The van der Waals surface area contributed by atoms with E-state index in [4.69, 9.17) is 5.73 Å². The standard InChI is InChI=1S/C9H11N3S/c1-12-4-2-8(11-12)7-3-5-13-9(7)6-10/h2-5H,6,10H2,1H3. The minimum absolute atomic E-state index is 0.587. The first-order valence-electron chi connectivity index (χ1n) is 4.07. The summed E-state index contributed by atoms with van der Waals surface area (Å²) in [6.45, 7) is 0.587. The average Bonchev–Trinajstić information content (AvgIpc) is 2.71. The molecule has 0 amide bonds. The molecule has 0 atom stereocenters. The fraction of sp³-hybridized carbons (Fsp3) is 0.222. The second-order valence-electron chi connectivity index (χ2n) is 2.84. The van der Waals surface area contributed by atoms with Gasteiger partial charge in [-0.25, -0.2) is 0 Å². The molecule has 0 radical (unpaired) electrons. The van der Waals surface area contributed by atoms with E-state index in [-0.39, 0.29) is 0 Å². The largest absolute Gasteiger partial charge is 0.326 e. The van der Waals surface area contributed by atoms with E-state index in [1.165, 1.54) is 4.88 Å². The summed E-state index contributed by atoms with van der Waals surface area (Å²) in [7, 11) is 1.91. The third-order valence-electron chi connectivity index (χ3n) is 1.92. The van der Waals surface area contributed by atoms with Crippen molar-refractivity contribution in [1.29, 1.82) is 0 Å². The van der Waals surface area contributed by atoms with Gasteiger partial charge in [-0.05, 0) is 17.5 Å². The lowest BCUT2D eigenvalue weighted by molar-refractivity contribution is 0.770. The van der Waals surface area contributed by atoms with Crippen molar-refractivity contribution in [3.63, 3.8) is 0 Å². The summed E-state index contributed by atoms with van der Waals surface area (Å²) < 4.78 is 1.80. The minimum atomic E-state index is 0.587. The van der Waals surface area contributed by atoms with Crippen LogP contribution in [0.4, 0.5) is 0 Å². The van der Waals surface area contributed by atoms with Crippen molar-refractivity contribution in [1.82, 2.24) is 9.78 Å². The molecular formula is C9H11N3S. The Bertz CT molecular complexity index is 402. The minimum Gasteiger partial charge on any atom is -0.326 e. The van der Waals surface area contributed by atoms with Gasteiger partial charge in [-0.1, -0.05) is 0 Å². The Balaban J connectivity index is 2.45. The van der Waals surface area contributed by atoms with Crippen molar-refractivity contribution < 1.29 is 0 Å². The van der Waals surface area contributed by atoms with Gasteiger partial charge in [0.05, 0.1) is 5.69 Å². The van der Waals surface area contributed by atoms with Crippen molar-refractivity contribution in [3.05, 3.63) is 28.6 Å². The lowest BCUT2D eigenvalue weighted by Crippen LogP contribution is -1.95. The van der Waals surface area contributed by atoms with Gasteiger partial charge in [-0.3, -0.25) is 4.68 Å². The zero-order valence-electron chi connectivity index (χ0n) is 7.40. The van der Waals surface area contributed by atoms with Crippen molar-refractivity contribution in [2.75, 3.05) is 0 Å². The van der Waals surface area contributed by atoms with E-state index in [0.29, 0.717) is 6.54 Å². The van der Waals surface area contributed by atoms with E-state index < -0.39 is 0 Å². The SMILES string of the molecule is Cn1ccc(-c2ccsc2CN)n1. The first-order chi connectivity index (χ1) is 6.31. The van der Waals surface area contributed by atoms with Crippen molar-refractivity contribution in [3.8, 4) is 11.3 Å². The van der Waals surface area contributed by atoms with Crippen LogP contribution in [0.15, 0.2) is 23.7 Å². The Kier molecular flexibility index (Phi) is 2.16. The predicted octanol–water partition coefficient (Wildman–Crippen LogP) is 1.61. The first kappa shape index (κ1) is 8.47. The fourth-order valence-corrected chi connectivity index (χ4v) is 2.05. The fourth-order valence-electron chi connectivity index (χ4n) is 1.29. The van der Waals surface area contributed by atoms with Crippen molar-refractivity contribution in [2.24, 2.45) is 12.8 Å². The summed E-state index contributed by atoms with van der Waals surface area (Å²) in [4.78, 5) is 1.19. The number of aromatic nitrogens is 2. The molecule has 0 saturated carbocycles. The third-order valence-corrected chi connectivity index (χ3v) is 2.86. The van der Waals surface area contributed by atoms with Crippen LogP contribution in [0.25, 0.3) is 11.3 Å². The molecule has 13 heavy (non-hydrogen) atoms. The number of hydrogen-bond donors (Lipinski definition) is 1. The maximum Gasteiger partial charge on any atom is 0.0934 e. The van der Waals surface area contributed by atoms with E-state index in [1.54, 1.807) is 16.0 Å². The number of hydrogen-bond acceptors (Lipinski definition) is 3. The maximum absolute atomic E-state index is 5.62. The lowest BCUT2D eigenvalue weighted by atomic mass is 10.2. The predicted molar refractivity (Wildman–Crippen MR) is 54.4 cm³/mol. The van der Waals surface area contributed by atoms with Gasteiger partial charge in [-0.2, -0.15) is 5.10 Å². The normalized spacial score (nSPS) is 10.6. The molecule has 4 heteroatoms. The summed E-state index contributed by atoms with van der Waals surface area (Å²) in [5, 5.41) is 6.38. The first-order valence-corrected chi connectivity index (χ1v) is 4.95. The molecule has 2 aromatic heterocycles. The summed E-state index contributed by atoms with van der Waals surface area (Å²) in [6, 6.07) is 4.07. The van der Waals surface area contributed by atoms with Crippen LogP contribution in [0.5, 0.6) is 0 Å². The Morgan fingerprint density at radius 3 is 3.00 bits per heavy atom. The Morgan fingerprint density at radius 1 is 1.54 bits per heavy atom. The molecule has 68 valence electrons. The van der Waals surface area contributed by atoms with E-state index in [0.717, 1.165) is 11.3 Å². The van der Waals surface area contributed by atoms with Gasteiger partial charge in [-0.15, -0.1) is 11.3 Å². The molecule has 0 aliphatic heterocycles. The van der Waals surface area contributed by atoms with Crippen LogP contribution < -0.4 is 5.73 Å². The number of rotatable bonds is 2. The van der Waals surface area contributed by atoms with Crippen molar-refractivity contribution >= 4 is 11.3 Å². The van der Waals surface area contributed by atoms with Gasteiger partial charge in [0.2, 0.25) is 0 Å². The molecule has 0 aliphatic carbocycles.